The highest BCUT2D eigenvalue weighted by molar-refractivity contribution is 9.10. The molecule has 1 unspecified atom stereocenters. The van der Waals surface area contributed by atoms with Gasteiger partial charge < -0.3 is 0 Å². The molecule has 0 saturated heterocycles. The molecule has 19 heavy (non-hydrogen) atoms. The van der Waals surface area contributed by atoms with Crippen molar-refractivity contribution >= 4 is 66.7 Å². The molecule has 0 N–H and O–H groups in total. The van der Waals surface area contributed by atoms with Gasteiger partial charge in [-0.15, -0.1) is 0 Å². The van der Waals surface area contributed by atoms with Crippen molar-refractivity contribution in [2.45, 2.75) is 11.2 Å². The minimum atomic E-state index is 0.120. The van der Waals surface area contributed by atoms with E-state index in [1.165, 1.54) is 0 Å². The monoisotopic (exact) mass is 440 g/mol. The highest BCUT2D eigenvalue weighted by Crippen LogP contribution is 2.35. The lowest BCUT2D eigenvalue weighted by molar-refractivity contribution is 0.948. The Morgan fingerprint density at radius 1 is 0.895 bits per heavy atom. The predicted octanol–water partition coefficient (Wildman–Crippen LogP) is 7.09. The summed E-state index contributed by atoms with van der Waals surface area (Å²) in [5.74, 6) is 0. The fraction of sp³-hybridized carbons (Fsp3) is 0.143. The van der Waals surface area contributed by atoms with Gasteiger partial charge in [0.15, 0.2) is 0 Å². The Kier molecular flexibility index (Phi) is 5.62. The Balaban J connectivity index is 2.22. The van der Waals surface area contributed by atoms with Crippen molar-refractivity contribution in [3.8, 4) is 0 Å². The maximum atomic E-state index is 6.22. The van der Waals surface area contributed by atoms with Gasteiger partial charge in [-0.05, 0) is 47.9 Å². The lowest BCUT2D eigenvalue weighted by Crippen LogP contribution is -1.96. The second-order valence-corrected chi connectivity index (χ2v) is 7.33. The topological polar surface area (TPSA) is 0 Å². The zero-order valence-electron chi connectivity index (χ0n) is 9.64. The largest absolute Gasteiger partial charge is 0.0840 e. The minimum absolute atomic E-state index is 0.120. The second kappa shape index (κ2) is 6.82. The van der Waals surface area contributed by atoms with Crippen LogP contribution in [0.15, 0.2) is 40.9 Å². The summed E-state index contributed by atoms with van der Waals surface area (Å²) in [5, 5.41) is 1.88. The third-order valence-electron chi connectivity index (χ3n) is 2.69. The molecular formula is C14H9Br2Cl3. The van der Waals surface area contributed by atoms with Gasteiger partial charge in [0.05, 0.1) is 10.0 Å². The average molecular weight is 443 g/mol. The minimum Gasteiger partial charge on any atom is -0.0840 e. The molecule has 0 aromatic heterocycles. The van der Waals surface area contributed by atoms with Crippen LogP contribution in [0.25, 0.3) is 0 Å². The average Bonchev–Trinajstić information content (AvgIpc) is 2.36. The Morgan fingerprint density at radius 3 is 2.26 bits per heavy atom. The Labute approximate surface area is 144 Å². The molecule has 0 aliphatic carbocycles. The highest BCUT2D eigenvalue weighted by atomic mass is 79.9. The summed E-state index contributed by atoms with van der Waals surface area (Å²) in [6.45, 7) is 0. The van der Waals surface area contributed by atoms with Crippen LogP contribution in [0.4, 0.5) is 0 Å². The van der Waals surface area contributed by atoms with Crippen molar-refractivity contribution in [2.24, 2.45) is 0 Å². The maximum Gasteiger partial charge on any atom is 0.0595 e. The molecule has 0 fully saturated rings. The van der Waals surface area contributed by atoms with E-state index in [0.717, 1.165) is 27.0 Å². The zero-order chi connectivity index (χ0) is 14.0. The molecule has 100 valence electrons. The molecule has 2 aromatic rings. The summed E-state index contributed by atoms with van der Waals surface area (Å²) >= 11 is 25.3. The Bertz CT molecular complexity index is 599. The first-order valence-electron chi connectivity index (χ1n) is 5.50. The summed E-state index contributed by atoms with van der Waals surface area (Å²) < 4.78 is 1.01. The van der Waals surface area contributed by atoms with Gasteiger partial charge in [-0.2, -0.15) is 0 Å². The molecule has 2 aromatic carbocycles. The van der Waals surface area contributed by atoms with Crippen LogP contribution in [0.3, 0.4) is 0 Å². The van der Waals surface area contributed by atoms with E-state index >= 15 is 0 Å². The fourth-order valence-electron chi connectivity index (χ4n) is 1.74. The van der Waals surface area contributed by atoms with Crippen molar-refractivity contribution in [3.63, 3.8) is 0 Å². The van der Waals surface area contributed by atoms with E-state index < -0.39 is 0 Å². The van der Waals surface area contributed by atoms with E-state index in [2.05, 4.69) is 31.9 Å². The standard InChI is InChI=1S/C14H9Br2Cl3/c15-9-2-4-12(17)10(7-9)11(16)5-8-1-3-13(18)14(19)6-8/h1-4,6-7,11H,5H2. The van der Waals surface area contributed by atoms with Crippen molar-refractivity contribution < 1.29 is 0 Å². The van der Waals surface area contributed by atoms with E-state index in [1.54, 1.807) is 0 Å². The maximum absolute atomic E-state index is 6.22. The molecule has 0 radical (unpaired) electrons. The van der Waals surface area contributed by atoms with Crippen LogP contribution in [0.2, 0.25) is 15.1 Å². The van der Waals surface area contributed by atoms with Gasteiger partial charge in [0.1, 0.15) is 0 Å². The molecule has 1 atom stereocenters. The lowest BCUT2D eigenvalue weighted by Gasteiger charge is -2.13. The Morgan fingerprint density at radius 2 is 1.58 bits per heavy atom. The van der Waals surface area contributed by atoms with Crippen molar-refractivity contribution in [1.82, 2.24) is 0 Å². The third kappa shape index (κ3) is 4.12. The molecule has 0 heterocycles. The summed E-state index contributed by atoms with van der Waals surface area (Å²) in [4.78, 5) is 0.120. The molecule has 5 heteroatoms. The van der Waals surface area contributed by atoms with Crippen LogP contribution in [0.1, 0.15) is 16.0 Å². The van der Waals surface area contributed by atoms with Crippen molar-refractivity contribution in [1.29, 1.82) is 0 Å². The van der Waals surface area contributed by atoms with Gasteiger partial charge in [-0.3, -0.25) is 0 Å². The summed E-state index contributed by atoms with van der Waals surface area (Å²) in [6.07, 6.45) is 0.785. The first-order chi connectivity index (χ1) is 8.97. The number of rotatable bonds is 3. The molecule has 0 nitrogen and oxygen atoms in total. The first-order valence-corrected chi connectivity index (χ1v) is 8.34. The fourth-order valence-corrected chi connectivity index (χ4v) is 3.57. The van der Waals surface area contributed by atoms with Gasteiger partial charge >= 0.3 is 0 Å². The number of benzene rings is 2. The molecule has 0 bridgehead atoms. The van der Waals surface area contributed by atoms with E-state index in [9.17, 15) is 0 Å². The van der Waals surface area contributed by atoms with Crippen LogP contribution < -0.4 is 0 Å². The number of hydrogen-bond acceptors (Lipinski definition) is 0. The van der Waals surface area contributed by atoms with Gasteiger partial charge in [-0.1, -0.05) is 72.7 Å². The number of hydrogen-bond donors (Lipinski definition) is 0. The van der Waals surface area contributed by atoms with Gasteiger partial charge in [0.25, 0.3) is 0 Å². The molecule has 0 aliphatic rings. The number of halogens is 5. The van der Waals surface area contributed by atoms with E-state index in [-0.39, 0.29) is 4.83 Å². The van der Waals surface area contributed by atoms with Gasteiger partial charge in [-0.25, -0.2) is 0 Å². The summed E-state index contributed by atoms with van der Waals surface area (Å²) in [7, 11) is 0. The molecule has 0 aliphatic heterocycles. The molecule has 2 rings (SSSR count). The van der Waals surface area contributed by atoms with Gasteiger partial charge in [0, 0.05) is 14.3 Å². The van der Waals surface area contributed by atoms with Crippen molar-refractivity contribution in [3.05, 3.63) is 67.1 Å². The van der Waals surface area contributed by atoms with Crippen LogP contribution >= 0.6 is 66.7 Å². The second-order valence-electron chi connectivity index (χ2n) is 4.09. The smallest absolute Gasteiger partial charge is 0.0595 e. The summed E-state index contributed by atoms with van der Waals surface area (Å²) in [6, 6.07) is 11.5. The SMILES string of the molecule is Clc1ccc(CC(Br)c2cc(Br)ccc2Cl)cc1Cl. The molecule has 0 amide bonds. The Hall–Kier alpha value is 0.270. The first kappa shape index (κ1) is 15.7. The summed E-state index contributed by atoms with van der Waals surface area (Å²) in [5.41, 5.74) is 2.15. The van der Waals surface area contributed by atoms with Crippen LogP contribution in [-0.2, 0) is 6.42 Å². The zero-order valence-corrected chi connectivity index (χ0v) is 15.1. The van der Waals surface area contributed by atoms with Crippen LogP contribution in [0, 0.1) is 0 Å². The van der Waals surface area contributed by atoms with Crippen LogP contribution in [0.5, 0.6) is 0 Å². The van der Waals surface area contributed by atoms with Crippen LogP contribution in [-0.4, -0.2) is 0 Å². The molecule has 0 saturated carbocycles. The third-order valence-corrected chi connectivity index (χ3v) is 5.09. The van der Waals surface area contributed by atoms with E-state index in [4.69, 9.17) is 34.8 Å². The molecular weight excluding hydrogens is 434 g/mol. The highest BCUT2D eigenvalue weighted by Gasteiger charge is 2.13. The van der Waals surface area contributed by atoms with Gasteiger partial charge in [0.2, 0.25) is 0 Å². The van der Waals surface area contributed by atoms with E-state index in [1.807, 2.05) is 36.4 Å². The molecule has 0 spiro atoms. The van der Waals surface area contributed by atoms with E-state index in [0.29, 0.717) is 10.0 Å². The normalized spacial score (nSPS) is 12.5. The quantitative estimate of drug-likeness (QED) is 0.445. The predicted molar refractivity (Wildman–Crippen MR) is 91.0 cm³/mol. The lowest BCUT2D eigenvalue weighted by atomic mass is 10.0. The number of alkyl halides is 1. The van der Waals surface area contributed by atoms with Crippen molar-refractivity contribution in [2.75, 3.05) is 0 Å².